The summed E-state index contributed by atoms with van der Waals surface area (Å²) in [6, 6.07) is -3.53. The van der Waals surface area contributed by atoms with Crippen LogP contribution in [0, 0.1) is 11.8 Å². The molecule has 0 saturated heterocycles. The molecule has 36 heteroatoms. The van der Waals surface area contributed by atoms with Gasteiger partial charge in [0.1, 0.15) is 65.9 Å². The van der Waals surface area contributed by atoms with Gasteiger partial charge in [-0.3, -0.25) is 76.9 Å². The summed E-state index contributed by atoms with van der Waals surface area (Å²) in [4.78, 5) is 203. The molecule has 9 atom stereocenters. The summed E-state index contributed by atoms with van der Waals surface area (Å²) >= 11 is 5.36. The molecule has 0 saturated carbocycles. The monoisotopic (exact) mass is 1340 g/mol. The largest absolute Gasteiger partial charge is 0.524 e. The summed E-state index contributed by atoms with van der Waals surface area (Å²) in [6.07, 6.45) is -2.43. The fourth-order valence-corrected chi connectivity index (χ4v) is 9.57. The van der Waals surface area contributed by atoms with Crippen LogP contribution < -0.4 is 69.2 Å². The molecule has 0 aromatic heterocycles. The van der Waals surface area contributed by atoms with E-state index in [4.69, 9.17) is 11.5 Å². The first-order valence-electron chi connectivity index (χ1n) is 28.2. The number of nitrogens with two attached hydrogens (primary N) is 2. The molecule has 2 aromatic rings. The number of phenols is 1. The van der Waals surface area contributed by atoms with Crippen LogP contribution in [-0.2, 0) is 84.5 Å². The Kier molecular flexibility index (Phi) is 33.6. The van der Waals surface area contributed by atoms with Gasteiger partial charge in [0.25, 0.3) is 0 Å². The van der Waals surface area contributed by atoms with Crippen molar-refractivity contribution in [1.82, 2.24) is 53.2 Å². The fourth-order valence-electron chi connectivity index (χ4n) is 8.43. The number of hydrogen-bond donors (Lipinski definition) is 18. The van der Waals surface area contributed by atoms with E-state index in [2.05, 4.69) is 70.3 Å². The number of carbonyl (C=O) groups is 14. The molecule has 504 valence electrons. The Morgan fingerprint density at radius 2 is 0.978 bits per heavy atom. The normalized spacial score (nSPS) is 14.1. The third-order valence-electron chi connectivity index (χ3n) is 13.0. The molecule has 0 radical (unpaired) electrons. The highest BCUT2D eigenvalue weighted by Crippen LogP contribution is 2.37. The topological polar surface area (TPSA) is 539 Å². The highest BCUT2D eigenvalue weighted by Gasteiger charge is 2.36. The van der Waals surface area contributed by atoms with Crippen LogP contribution in [0.15, 0.2) is 48.5 Å². The lowest BCUT2D eigenvalue weighted by molar-refractivity contribution is -0.139. The van der Waals surface area contributed by atoms with Crippen molar-refractivity contribution in [1.29, 1.82) is 0 Å². The Hall–Kier alpha value is -8.53. The smallest absolute Gasteiger partial charge is 0.508 e. The standard InChI is InChI=1S/C55H81N12O21PS2/c1-27(2)21-37(62-48(77)34(59-29(5)68)15-17-44(72)73)51(80)64-38(23-31-9-13-33(14-10-31)88-89(85,86)87)52(81)61-35(16-18-45(74)75)49(78)65-40(24-42(56)70)54(83)67-46(28(3)4)55(84)58-25-43(71)60-36(19-20-91-6)50(79)63-39(22-30-7-11-32(69)12-8-30)53(82)66-41(26-90)47(57)76/h7-14,27-28,34-41,46,69,90H,15-26H2,1-6H3,(H2,56,70)(H2,57,76)(H,58,84)(H,59,68)(H,60,71)(H,61,81)(H,62,77)(H,63,79)(H,64,80)(H,65,78)(H,66,82)(H,67,83)(H,72,73)(H,74,75)(H2,85,86,87)/t34-,35-,36-,37-,38-,39-,40-,41-,46-/m0/s1. The summed E-state index contributed by atoms with van der Waals surface area (Å²) in [7, 11) is -5.04. The summed E-state index contributed by atoms with van der Waals surface area (Å²) < 4.78 is 16.1. The van der Waals surface area contributed by atoms with E-state index in [1.54, 1.807) is 20.1 Å². The molecule has 0 spiro atoms. The first-order valence-corrected chi connectivity index (χ1v) is 31.8. The van der Waals surface area contributed by atoms with Crippen molar-refractivity contribution in [2.75, 3.05) is 24.3 Å². The van der Waals surface area contributed by atoms with Crippen molar-refractivity contribution >= 4 is 115 Å². The SMILES string of the molecule is CSCC[C@H](NC(=O)CNC(=O)[C@@H](NC(=O)[C@H](CC(N)=O)NC(=O)[C@H](CCC(=O)O)NC(=O)[C@H](Cc1ccc(OP(=O)(O)O)cc1)NC(=O)[C@H](CC(C)C)NC(=O)[C@H](CCC(=O)O)NC(C)=O)C(C)C)C(=O)N[C@@H](Cc1ccc(O)cc1)C(=O)N[C@@H](CS)C(N)=O. The number of benzene rings is 2. The third kappa shape index (κ3) is 30.7. The molecule has 91 heavy (non-hydrogen) atoms. The fraction of sp³-hybridized carbons (Fsp3) is 0.527. The molecule has 0 aliphatic carbocycles. The van der Waals surface area contributed by atoms with Crippen LogP contribution in [0.1, 0.15) is 90.7 Å². The van der Waals surface area contributed by atoms with Crippen molar-refractivity contribution in [2.24, 2.45) is 23.3 Å². The van der Waals surface area contributed by atoms with E-state index >= 15 is 0 Å². The zero-order chi connectivity index (χ0) is 68.9. The first-order chi connectivity index (χ1) is 42.5. The van der Waals surface area contributed by atoms with Gasteiger partial charge in [-0.05, 0) is 84.9 Å². The van der Waals surface area contributed by atoms with Gasteiger partial charge in [-0.25, -0.2) is 4.57 Å². The summed E-state index contributed by atoms with van der Waals surface area (Å²) in [5.41, 5.74) is 11.5. The second kappa shape index (κ2) is 38.9. The number of hydrogen-bond acceptors (Lipinski definition) is 19. The summed E-state index contributed by atoms with van der Waals surface area (Å²) in [6.45, 7) is 6.56. The minimum atomic E-state index is -5.04. The molecule has 0 unspecified atom stereocenters. The minimum Gasteiger partial charge on any atom is -0.508 e. The van der Waals surface area contributed by atoms with Crippen LogP contribution in [0.25, 0.3) is 0 Å². The number of thioether (sulfide) groups is 1. The van der Waals surface area contributed by atoms with Crippen LogP contribution in [0.2, 0.25) is 0 Å². The highest BCUT2D eigenvalue weighted by molar-refractivity contribution is 7.98. The van der Waals surface area contributed by atoms with Crippen LogP contribution in [-0.4, -0.2) is 187 Å². The lowest BCUT2D eigenvalue weighted by Crippen LogP contribution is -2.61. The Balaban J connectivity index is 2.46. The van der Waals surface area contributed by atoms with Crippen molar-refractivity contribution in [2.45, 2.75) is 147 Å². The number of carboxylic acid groups (broad SMARTS) is 2. The van der Waals surface area contributed by atoms with Crippen molar-refractivity contribution in [3.63, 3.8) is 0 Å². The van der Waals surface area contributed by atoms with Gasteiger partial charge in [0, 0.05) is 38.4 Å². The van der Waals surface area contributed by atoms with Gasteiger partial charge in [0.05, 0.1) is 13.0 Å². The predicted octanol–water partition coefficient (Wildman–Crippen LogP) is -3.38. The number of nitrogens with one attached hydrogen (secondary N) is 10. The van der Waals surface area contributed by atoms with Crippen LogP contribution >= 0.6 is 32.2 Å². The number of amides is 12. The first kappa shape index (κ1) is 78.6. The van der Waals surface area contributed by atoms with Crippen LogP contribution in [0.3, 0.4) is 0 Å². The number of phosphoric ester groups is 1. The Morgan fingerprint density at radius 3 is 1.41 bits per heavy atom. The zero-order valence-corrected chi connectivity index (χ0v) is 53.3. The van der Waals surface area contributed by atoms with Crippen molar-refractivity contribution in [3.05, 3.63) is 59.7 Å². The maximum atomic E-state index is 14.4. The predicted molar refractivity (Wildman–Crippen MR) is 329 cm³/mol. The average molecular weight is 1340 g/mol. The molecule has 0 bridgehead atoms. The average Bonchev–Trinajstić information content (AvgIpc) is 1.03. The van der Waals surface area contributed by atoms with E-state index in [1.807, 2.05) is 0 Å². The number of primary amides is 2. The maximum absolute atomic E-state index is 14.4. The molecule has 2 rings (SSSR count). The number of carboxylic acids is 2. The molecular formula is C55H81N12O21PS2. The molecule has 19 N–H and O–H groups in total. The molecule has 12 amide bonds. The summed E-state index contributed by atoms with van der Waals surface area (Å²) in [5, 5.41) is 52.8. The van der Waals surface area contributed by atoms with E-state index in [-0.39, 0.29) is 54.4 Å². The second-order valence-corrected chi connectivity index (χ2v) is 24.0. The third-order valence-corrected chi connectivity index (χ3v) is 14.5. The molecule has 0 aliphatic rings. The Labute approximate surface area is 533 Å². The highest BCUT2D eigenvalue weighted by atomic mass is 32.2. The maximum Gasteiger partial charge on any atom is 0.524 e. The van der Waals surface area contributed by atoms with Gasteiger partial charge in [0.15, 0.2) is 0 Å². The summed E-state index contributed by atoms with van der Waals surface area (Å²) in [5.74, 6) is -16.3. The quantitative estimate of drug-likeness (QED) is 0.0228. The van der Waals surface area contributed by atoms with E-state index < -0.39 is 190 Å². The van der Waals surface area contributed by atoms with Crippen molar-refractivity contribution < 1.29 is 101 Å². The van der Waals surface area contributed by atoms with E-state index in [1.165, 1.54) is 62.0 Å². The Bertz CT molecular complexity index is 2960. The number of carbonyl (C=O) groups excluding carboxylic acids is 12. The molecule has 2 aromatic carbocycles. The van der Waals surface area contributed by atoms with Gasteiger partial charge in [-0.2, -0.15) is 24.4 Å². The number of thiol groups is 1. The number of phosphoric acid groups is 1. The Morgan fingerprint density at radius 1 is 0.560 bits per heavy atom. The van der Waals surface area contributed by atoms with Crippen molar-refractivity contribution in [3.8, 4) is 11.5 Å². The number of rotatable bonds is 41. The molecule has 0 aliphatic heterocycles. The van der Waals surface area contributed by atoms with Gasteiger partial charge in [0.2, 0.25) is 70.9 Å². The van der Waals surface area contributed by atoms with Gasteiger partial charge < -0.3 is 84.5 Å². The molecular weight excluding hydrogens is 1260 g/mol. The molecule has 0 fully saturated rings. The number of aliphatic carboxylic acids is 2. The van der Waals surface area contributed by atoms with Gasteiger partial charge in [-0.15, -0.1) is 0 Å². The van der Waals surface area contributed by atoms with E-state index in [0.717, 1.165) is 19.1 Å². The number of phenolic OH excluding ortho intramolecular Hbond substituents is 1. The zero-order valence-electron chi connectivity index (χ0n) is 50.7. The lowest BCUT2D eigenvalue weighted by atomic mass is 9.99. The molecule has 33 nitrogen and oxygen atoms in total. The second-order valence-electron chi connectivity index (χ2n) is 21.5. The van der Waals surface area contributed by atoms with Crippen LogP contribution in [0.4, 0.5) is 0 Å². The van der Waals surface area contributed by atoms with Gasteiger partial charge in [-0.1, -0.05) is 52.0 Å². The lowest BCUT2D eigenvalue weighted by Gasteiger charge is -2.28. The van der Waals surface area contributed by atoms with E-state index in [0.29, 0.717) is 11.3 Å². The number of aromatic hydroxyl groups is 1. The van der Waals surface area contributed by atoms with E-state index in [9.17, 15) is 96.8 Å². The van der Waals surface area contributed by atoms with Gasteiger partial charge >= 0.3 is 19.8 Å². The minimum absolute atomic E-state index is 0.00977. The van der Waals surface area contributed by atoms with Crippen LogP contribution in [0.5, 0.6) is 11.5 Å². The molecule has 0 heterocycles.